The highest BCUT2D eigenvalue weighted by Crippen LogP contribution is 2.37. The first-order valence-electron chi connectivity index (χ1n) is 8.21. The van der Waals surface area contributed by atoms with Gasteiger partial charge in [-0.3, -0.25) is 0 Å². The fourth-order valence-corrected chi connectivity index (χ4v) is 3.20. The van der Waals surface area contributed by atoms with E-state index in [9.17, 15) is 24.1 Å². The minimum Gasteiger partial charge on any atom is -0.387 e. The number of nitrogens with two attached hydrogens (primary N) is 1. The summed E-state index contributed by atoms with van der Waals surface area (Å²) in [4.78, 5) is 8.01. The van der Waals surface area contributed by atoms with E-state index in [0.29, 0.717) is 11.2 Å². The number of benzene rings is 1. The van der Waals surface area contributed by atoms with Gasteiger partial charge in [0, 0.05) is 0 Å². The summed E-state index contributed by atoms with van der Waals surface area (Å²) in [5.74, 6) is 3.45. The summed E-state index contributed by atoms with van der Waals surface area (Å²) in [7, 11) is 0. The molecule has 1 aliphatic rings. The molecule has 10 nitrogen and oxygen atoms in total. The van der Waals surface area contributed by atoms with Crippen molar-refractivity contribution in [2.24, 2.45) is 5.84 Å². The molecule has 2 aromatic heterocycles. The molecule has 1 aliphatic heterocycles. The van der Waals surface area contributed by atoms with E-state index in [0.717, 1.165) is 18.2 Å². The topological polar surface area (TPSA) is 152 Å². The van der Waals surface area contributed by atoms with Crippen molar-refractivity contribution in [1.29, 1.82) is 0 Å². The van der Waals surface area contributed by atoms with Crippen LogP contribution >= 0.6 is 0 Å². The lowest BCUT2D eigenvalue weighted by molar-refractivity contribution is -0.0885. The zero-order chi connectivity index (χ0) is 20.0. The van der Waals surface area contributed by atoms with Crippen LogP contribution in [-0.4, -0.2) is 53.4 Å². The number of hydrogen-bond donors (Lipinski definition) is 5. The zero-order valence-electron chi connectivity index (χ0n) is 14.1. The third kappa shape index (κ3) is 2.87. The number of aliphatic hydroxyl groups is 3. The van der Waals surface area contributed by atoms with Gasteiger partial charge in [0.15, 0.2) is 29.3 Å². The largest absolute Gasteiger partial charge is 0.387 e. The Balaban J connectivity index is 1.65. The molecule has 1 saturated heterocycles. The summed E-state index contributed by atoms with van der Waals surface area (Å²) in [5.41, 5.74) is 2.64. The highest BCUT2D eigenvalue weighted by atomic mass is 19.2. The molecule has 28 heavy (non-hydrogen) atoms. The fourth-order valence-electron chi connectivity index (χ4n) is 3.20. The van der Waals surface area contributed by atoms with Crippen LogP contribution in [0.3, 0.4) is 0 Å². The number of hydrogen-bond acceptors (Lipinski definition) is 9. The third-order valence-corrected chi connectivity index (χ3v) is 4.64. The third-order valence-electron chi connectivity index (χ3n) is 4.64. The summed E-state index contributed by atoms with van der Waals surface area (Å²) < 4.78 is 33.4. The number of ether oxygens (including phenoxy) is 1. The van der Waals surface area contributed by atoms with Gasteiger partial charge < -0.3 is 25.5 Å². The lowest BCUT2D eigenvalue weighted by Crippen LogP contribution is -2.35. The van der Waals surface area contributed by atoms with Gasteiger partial charge in [0.1, 0.15) is 30.7 Å². The molecule has 0 radical (unpaired) electrons. The number of anilines is 1. The van der Waals surface area contributed by atoms with Crippen LogP contribution < -0.4 is 11.3 Å². The lowest BCUT2D eigenvalue weighted by atomic mass is 9.99. The van der Waals surface area contributed by atoms with E-state index in [1.165, 1.54) is 17.2 Å². The van der Waals surface area contributed by atoms with Crippen molar-refractivity contribution < 1.29 is 28.8 Å². The first-order valence-corrected chi connectivity index (χ1v) is 8.21. The minimum absolute atomic E-state index is 0.0157. The van der Waals surface area contributed by atoms with Gasteiger partial charge in [0.2, 0.25) is 0 Å². The average molecular weight is 394 g/mol. The van der Waals surface area contributed by atoms with E-state index in [4.69, 9.17) is 10.6 Å². The van der Waals surface area contributed by atoms with Gasteiger partial charge in [-0.25, -0.2) is 29.3 Å². The van der Waals surface area contributed by atoms with Crippen molar-refractivity contribution in [3.63, 3.8) is 0 Å². The molecule has 5 atom stereocenters. The van der Waals surface area contributed by atoms with Crippen molar-refractivity contribution in [3.05, 3.63) is 47.9 Å². The predicted octanol–water partition coefficient (Wildman–Crippen LogP) is -0.257. The normalized spacial score (nSPS) is 25.9. The number of nitrogen functional groups attached to an aromatic ring is 1. The molecule has 6 N–H and O–H groups in total. The van der Waals surface area contributed by atoms with E-state index < -0.39 is 42.3 Å². The van der Waals surface area contributed by atoms with Crippen molar-refractivity contribution in [2.45, 2.75) is 30.6 Å². The van der Waals surface area contributed by atoms with Crippen molar-refractivity contribution >= 4 is 16.9 Å². The maximum Gasteiger partial charge on any atom is 0.181 e. The molecular formula is C16H16F2N6O4. The lowest BCUT2D eigenvalue weighted by Gasteiger charge is -2.21. The van der Waals surface area contributed by atoms with E-state index in [1.54, 1.807) is 0 Å². The molecule has 3 aromatic rings. The maximum atomic E-state index is 13.5. The van der Waals surface area contributed by atoms with E-state index >= 15 is 0 Å². The molecule has 12 heteroatoms. The molecule has 1 fully saturated rings. The second kappa shape index (κ2) is 7.00. The number of nitrogens with one attached hydrogen (secondary N) is 1. The number of fused-ring (bicyclic) bond motifs is 1. The Morgan fingerprint density at radius 3 is 2.68 bits per heavy atom. The number of halogens is 2. The average Bonchev–Trinajstić information content (AvgIpc) is 3.25. The van der Waals surface area contributed by atoms with Crippen LogP contribution in [0.5, 0.6) is 0 Å². The highest BCUT2D eigenvalue weighted by Gasteiger charge is 2.48. The molecule has 1 aromatic carbocycles. The van der Waals surface area contributed by atoms with Gasteiger partial charge in [-0.05, 0) is 17.7 Å². The summed E-state index contributed by atoms with van der Waals surface area (Å²) in [5, 5.41) is 35.8. The number of aromatic nitrogens is 4. The second-order valence-electron chi connectivity index (χ2n) is 6.28. The maximum absolute atomic E-state index is 13.5. The predicted molar refractivity (Wildman–Crippen MR) is 90.4 cm³/mol. The number of rotatable bonds is 4. The Hall–Kier alpha value is -2.77. The Morgan fingerprint density at radius 2 is 1.96 bits per heavy atom. The Kier molecular flexibility index (Phi) is 4.64. The molecule has 0 aliphatic carbocycles. The van der Waals surface area contributed by atoms with Crippen molar-refractivity contribution in [2.75, 3.05) is 5.43 Å². The second-order valence-corrected chi connectivity index (χ2v) is 6.28. The van der Waals surface area contributed by atoms with Gasteiger partial charge in [-0.15, -0.1) is 0 Å². The number of hydrazine groups is 1. The van der Waals surface area contributed by atoms with Gasteiger partial charge in [-0.2, -0.15) is 5.10 Å². The smallest absolute Gasteiger partial charge is 0.181 e. The van der Waals surface area contributed by atoms with Crippen molar-refractivity contribution in [1.82, 2.24) is 19.7 Å². The Morgan fingerprint density at radius 1 is 1.18 bits per heavy atom. The Labute approximate surface area is 156 Å². The summed E-state index contributed by atoms with van der Waals surface area (Å²) in [6.45, 7) is 0. The first kappa shape index (κ1) is 18.6. The summed E-state index contributed by atoms with van der Waals surface area (Å²) in [6, 6.07) is 2.81. The molecule has 148 valence electrons. The molecule has 4 rings (SSSR count). The molecule has 1 unspecified atom stereocenters. The van der Waals surface area contributed by atoms with Gasteiger partial charge in [0.25, 0.3) is 0 Å². The highest BCUT2D eigenvalue weighted by molar-refractivity contribution is 5.85. The summed E-state index contributed by atoms with van der Waals surface area (Å²) >= 11 is 0. The molecule has 0 saturated carbocycles. The quantitative estimate of drug-likeness (QED) is 0.298. The Bertz CT molecular complexity index is 1020. The summed E-state index contributed by atoms with van der Waals surface area (Å²) in [6.07, 6.45) is -4.43. The SMILES string of the molecule is NNc1ncnc2c1cnn2[C@@H]1O[C@H](C(O)c2ccc(F)c(F)c2)[C@@H](O)[C@H]1O. The molecule has 0 amide bonds. The number of aliphatic hydroxyl groups excluding tert-OH is 3. The van der Waals surface area contributed by atoms with Gasteiger partial charge in [0.05, 0.1) is 11.6 Å². The molecule has 0 spiro atoms. The molecular weight excluding hydrogens is 378 g/mol. The number of nitrogens with zero attached hydrogens (tertiary/aromatic N) is 4. The first-order chi connectivity index (χ1) is 13.4. The van der Waals surface area contributed by atoms with Crippen LogP contribution in [0, 0.1) is 11.6 Å². The van der Waals surface area contributed by atoms with Gasteiger partial charge in [-0.1, -0.05) is 6.07 Å². The van der Waals surface area contributed by atoms with Crippen LogP contribution in [0.4, 0.5) is 14.6 Å². The fraction of sp³-hybridized carbons (Fsp3) is 0.312. The monoisotopic (exact) mass is 394 g/mol. The standard InChI is InChI=1S/C16H16F2N6O4/c17-8-2-1-6(3-9(8)18)10(25)13-11(26)12(27)16(28-13)24-15-7(4-22-24)14(23-19)20-5-21-15/h1-5,10-13,16,25-27H,19H2,(H,20,21,23)/t10?,11-,12+,13+,16+/m0/s1. The molecule has 3 heterocycles. The van der Waals surface area contributed by atoms with E-state index in [-0.39, 0.29) is 11.2 Å². The van der Waals surface area contributed by atoms with E-state index in [2.05, 4.69) is 20.5 Å². The zero-order valence-corrected chi connectivity index (χ0v) is 14.1. The van der Waals surface area contributed by atoms with Crippen LogP contribution in [-0.2, 0) is 4.74 Å². The molecule has 0 bridgehead atoms. The van der Waals surface area contributed by atoms with Crippen LogP contribution in [0.2, 0.25) is 0 Å². The van der Waals surface area contributed by atoms with Gasteiger partial charge >= 0.3 is 0 Å². The van der Waals surface area contributed by atoms with Crippen LogP contribution in [0.15, 0.2) is 30.7 Å². The minimum atomic E-state index is -1.53. The van der Waals surface area contributed by atoms with Crippen LogP contribution in [0.25, 0.3) is 11.0 Å². The van der Waals surface area contributed by atoms with Crippen LogP contribution in [0.1, 0.15) is 17.9 Å². The van der Waals surface area contributed by atoms with Crippen molar-refractivity contribution in [3.8, 4) is 0 Å². The van der Waals surface area contributed by atoms with E-state index in [1.807, 2.05) is 0 Å².